The number of morpholine rings is 1. The van der Waals surface area contributed by atoms with Crippen LogP contribution in [-0.2, 0) is 31.8 Å². The first-order valence-electron chi connectivity index (χ1n) is 5.12. The van der Waals surface area contributed by atoms with Crippen LogP contribution in [0.15, 0.2) is 32.9 Å². The van der Waals surface area contributed by atoms with Gasteiger partial charge in [0.2, 0.25) is 10.0 Å². The van der Waals surface area contributed by atoms with Gasteiger partial charge in [0.15, 0.2) is 0 Å². The summed E-state index contributed by atoms with van der Waals surface area (Å²) >= 11 is 8.34. The van der Waals surface area contributed by atoms with Crippen LogP contribution >= 0.6 is 25.3 Å². The van der Waals surface area contributed by atoms with Gasteiger partial charge in [-0.2, -0.15) is 4.31 Å². The fourth-order valence-corrected chi connectivity index (χ4v) is 3.47. The van der Waals surface area contributed by atoms with Crippen LogP contribution in [0.25, 0.3) is 0 Å². The molecule has 1 radical (unpaired) electrons. The van der Waals surface area contributed by atoms with Gasteiger partial charge in [-0.15, -0.1) is 25.3 Å². The minimum Gasteiger partial charge on any atom is -0.379 e. The Morgan fingerprint density at radius 2 is 1.72 bits per heavy atom. The van der Waals surface area contributed by atoms with Crippen LogP contribution in [0.3, 0.4) is 0 Å². The predicted octanol–water partition coefficient (Wildman–Crippen LogP) is 1.28. The van der Waals surface area contributed by atoms with Gasteiger partial charge in [-0.25, -0.2) is 8.42 Å². The second kappa shape index (κ2) is 6.65. The summed E-state index contributed by atoms with van der Waals surface area (Å²) in [5.74, 6) is 0. The Morgan fingerprint density at radius 3 is 2.28 bits per heavy atom. The van der Waals surface area contributed by atoms with Crippen LogP contribution in [0.1, 0.15) is 0 Å². The van der Waals surface area contributed by atoms with Crippen LogP contribution in [0.4, 0.5) is 0 Å². The van der Waals surface area contributed by atoms with Crippen molar-refractivity contribution in [3.63, 3.8) is 0 Å². The molecule has 4 nitrogen and oxygen atoms in total. The third-order valence-corrected chi connectivity index (χ3v) is 5.39. The normalized spacial score (nSPS) is 17.2. The Kier molecular flexibility index (Phi) is 6.05. The molecule has 0 unspecified atom stereocenters. The molecule has 0 spiro atoms. The molecule has 0 saturated carbocycles. The molecule has 1 fully saturated rings. The summed E-state index contributed by atoms with van der Waals surface area (Å²) in [6, 6.07) is 4.71. The first kappa shape index (κ1) is 16.4. The number of sulfonamides is 1. The van der Waals surface area contributed by atoms with Crippen molar-refractivity contribution in [2.24, 2.45) is 0 Å². The van der Waals surface area contributed by atoms with E-state index in [2.05, 4.69) is 25.3 Å². The van der Waals surface area contributed by atoms with E-state index in [0.717, 1.165) is 0 Å². The topological polar surface area (TPSA) is 46.6 Å². The van der Waals surface area contributed by atoms with Crippen LogP contribution < -0.4 is 0 Å². The number of ether oxygens (including phenoxy) is 1. The summed E-state index contributed by atoms with van der Waals surface area (Å²) in [6.07, 6.45) is 0. The molecule has 0 aliphatic carbocycles. The zero-order valence-electron chi connectivity index (χ0n) is 9.34. The minimum atomic E-state index is -3.43. The Hall–Kier alpha value is 0.309. The van der Waals surface area contributed by atoms with Gasteiger partial charge in [0.05, 0.1) is 18.1 Å². The van der Waals surface area contributed by atoms with Crippen molar-refractivity contribution in [3.8, 4) is 0 Å². The summed E-state index contributed by atoms with van der Waals surface area (Å²) in [5, 5.41) is 0. The largest absolute Gasteiger partial charge is 0.379 e. The molecule has 1 aliphatic rings. The maximum atomic E-state index is 12.3. The number of hydrogen-bond donors (Lipinski definition) is 2. The zero-order valence-corrected chi connectivity index (χ0v) is 12.9. The SMILES string of the molecule is O=S(=O)(c1ccc(S)c(S)c1)N1CCOCC1.[Cu]. The molecular weight excluding hydrogens is 342 g/mol. The predicted molar refractivity (Wildman–Crippen MR) is 70.5 cm³/mol. The van der Waals surface area contributed by atoms with E-state index in [9.17, 15) is 8.42 Å². The number of benzene rings is 1. The number of thiol groups is 2. The van der Waals surface area contributed by atoms with Gasteiger partial charge < -0.3 is 4.74 Å². The summed E-state index contributed by atoms with van der Waals surface area (Å²) in [7, 11) is -3.43. The quantitative estimate of drug-likeness (QED) is 0.621. The van der Waals surface area contributed by atoms with Gasteiger partial charge in [-0.05, 0) is 18.2 Å². The van der Waals surface area contributed by atoms with E-state index in [1.165, 1.54) is 10.4 Å². The molecule has 18 heavy (non-hydrogen) atoms. The van der Waals surface area contributed by atoms with Crippen molar-refractivity contribution < 1.29 is 30.2 Å². The Morgan fingerprint density at radius 1 is 1.11 bits per heavy atom. The molecule has 0 aromatic heterocycles. The molecule has 0 atom stereocenters. The maximum absolute atomic E-state index is 12.3. The van der Waals surface area contributed by atoms with Gasteiger partial charge in [-0.1, -0.05) is 0 Å². The number of rotatable bonds is 2. The minimum absolute atomic E-state index is 0. The zero-order chi connectivity index (χ0) is 12.5. The van der Waals surface area contributed by atoms with Crippen molar-refractivity contribution in [1.29, 1.82) is 0 Å². The Bertz CT molecular complexity index is 515. The van der Waals surface area contributed by atoms with E-state index in [0.29, 0.717) is 36.1 Å². The van der Waals surface area contributed by atoms with E-state index in [-0.39, 0.29) is 22.0 Å². The second-order valence-corrected chi connectivity index (χ2v) is 6.57. The smallest absolute Gasteiger partial charge is 0.243 e. The number of hydrogen-bond acceptors (Lipinski definition) is 5. The van der Waals surface area contributed by atoms with Gasteiger partial charge in [0.25, 0.3) is 0 Å². The summed E-state index contributed by atoms with van der Waals surface area (Å²) in [6.45, 7) is 1.68. The van der Waals surface area contributed by atoms with Gasteiger partial charge in [0, 0.05) is 39.9 Å². The van der Waals surface area contributed by atoms with E-state index in [1.54, 1.807) is 12.1 Å². The molecule has 1 aliphatic heterocycles. The first-order valence-corrected chi connectivity index (χ1v) is 7.45. The van der Waals surface area contributed by atoms with Crippen molar-refractivity contribution in [2.45, 2.75) is 14.7 Å². The molecular formula is C10H13CuNO3S3. The standard InChI is InChI=1S/C10H13NO3S3.Cu/c12-17(13,11-3-5-14-6-4-11)8-1-2-9(15)10(16)7-8;/h1-2,7,15-16H,3-6H2;. The van der Waals surface area contributed by atoms with Gasteiger partial charge in [0.1, 0.15) is 0 Å². The first-order chi connectivity index (χ1) is 8.01. The molecule has 0 amide bonds. The maximum Gasteiger partial charge on any atom is 0.243 e. The Balaban J connectivity index is 0.00000162. The molecule has 1 aromatic rings. The van der Waals surface area contributed by atoms with Crippen LogP contribution in [0, 0.1) is 0 Å². The summed E-state index contributed by atoms with van der Waals surface area (Å²) in [5.41, 5.74) is 0. The van der Waals surface area contributed by atoms with E-state index in [1.807, 2.05) is 0 Å². The molecule has 8 heteroatoms. The monoisotopic (exact) mass is 354 g/mol. The molecule has 2 rings (SSSR count). The molecule has 1 aromatic carbocycles. The third-order valence-electron chi connectivity index (χ3n) is 2.55. The summed E-state index contributed by atoms with van der Waals surface area (Å²) in [4.78, 5) is 1.47. The fourth-order valence-electron chi connectivity index (χ4n) is 1.60. The molecule has 1 heterocycles. The van der Waals surface area contributed by atoms with Crippen molar-refractivity contribution in [2.75, 3.05) is 26.3 Å². The van der Waals surface area contributed by atoms with Crippen LogP contribution in [-0.4, -0.2) is 39.0 Å². The van der Waals surface area contributed by atoms with Crippen molar-refractivity contribution in [1.82, 2.24) is 4.31 Å². The van der Waals surface area contributed by atoms with Crippen molar-refractivity contribution >= 4 is 35.3 Å². The summed E-state index contributed by atoms with van der Waals surface area (Å²) < 4.78 is 31.1. The molecule has 1 saturated heterocycles. The Labute approximate surface area is 128 Å². The average molecular weight is 355 g/mol. The van der Waals surface area contributed by atoms with Gasteiger partial charge >= 0.3 is 0 Å². The average Bonchev–Trinajstić information content (AvgIpc) is 2.33. The molecule has 105 valence electrons. The van der Waals surface area contributed by atoms with E-state index < -0.39 is 10.0 Å². The fraction of sp³-hybridized carbons (Fsp3) is 0.400. The van der Waals surface area contributed by atoms with Crippen LogP contribution in [0.2, 0.25) is 0 Å². The van der Waals surface area contributed by atoms with Crippen LogP contribution in [0.5, 0.6) is 0 Å². The number of nitrogens with zero attached hydrogens (tertiary/aromatic N) is 1. The van der Waals surface area contributed by atoms with Crippen molar-refractivity contribution in [3.05, 3.63) is 18.2 Å². The van der Waals surface area contributed by atoms with Gasteiger partial charge in [-0.3, -0.25) is 0 Å². The van der Waals surface area contributed by atoms with E-state index >= 15 is 0 Å². The molecule has 0 bridgehead atoms. The second-order valence-electron chi connectivity index (χ2n) is 3.67. The molecule has 0 N–H and O–H groups in total. The third kappa shape index (κ3) is 3.45. The van der Waals surface area contributed by atoms with E-state index in [4.69, 9.17) is 4.74 Å².